The summed E-state index contributed by atoms with van der Waals surface area (Å²) in [5.41, 5.74) is 6.71. The summed E-state index contributed by atoms with van der Waals surface area (Å²) in [7, 11) is 0. The Morgan fingerprint density at radius 2 is 2.18 bits per heavy atom. The first kappa shape index (κ1) is 12.1. The molecule has 0 saturated carbocycles. The van der Waals surface area contributed by atoms with Crippen LogP contribution in [0.1, 0.15) is 5.56 Å². The molecule has 17 heavy (non-hydrogen) atoms. The van der Waals surface area contributed by atoms with Gasteiger partial charge in [0.05, 0.1) is 10.7 Å². The first-order chi connectivity index (χ1) is 8.29. The van der Waals surface area contributed by atoms with Crippen molar-refractivity contribution < 1.29 is 4.74 Å². The van der Waals surface area contributed by atoms with Crippen molar-refractivity contribution in [2.45, 2.75) is 6.42 Å². The summed E-state index contributed by atoms with van der Waals surface area (Å²) in [5, 5.41) is 0. The minimum absolute atomic E-state index is 0.648. The van der Waals surface area contributed by atoms with Gasteiger partial charge in [0.1, 0.15) is 11.5 Å². The number of hydrogen-bond acceptors (Lipinski definition) is 3. The van der Waals surface area contributed by atoms with Crippen LogP contribution in [0.15, 0.2) is 47.2 Å². The molecule has 0 amide bonds. The number of aromatic nitrogens is 1. The number of hydrogen-bond donors (Lipinski definition) is 1. The van der Waals surface area contributed by atoms with Gasteiger partial charge < -0.3 is 10.5 Å². The van der Waals surface area contributed by atoms with Crippen molar-refractivity contribution in [3.8, 4) is 11.5 Å². The van der Waals surface area contributed by atoms with Gasteiger partial charge in [0.2, 0.25) is 0 Å². The number of benzene rings is 1. The van der Waals surface area contributed by atoms with E-state index in [0.29, 0.717) is 6.54 Å². The zero-order chi connectivity index (χ0) is 12.1. The van der Waals surface area contributed by atoms with Gasteiger partial charge in [-0.05, 0) is 58.7 Å². The number of halogens is 1. The second-order valence-electron chi connectivity index (χ2n) is 3.59. The fourth-order valence-corrected chi connectivity index (χ4v) is 1.99. The molecule has 1 aromatic heterocycles. The molecule has 0 aliphatic heterocycles. The highest BCUT2D eigenvalue weighted by atomic mass is 79.9. The van der Waals surface area contributed by atoms with Crippen molar-refractivity contribution in [3.63, 3.8) is 0 Å². The van der Waals surface area contributed by atoms with Gasteiger partial charge in [-0.2, -0.15) is 0 Å². The highest BCUT2D eigenvalue weighted by molar-refractivity contribution is 9.10. The molecule has 0 aliphatic carbocycles. The summed E-state index contributed by atoms with van der Waals surface area (Å²) in [6, 6.07) is 9.68. The van der Waals surface area contributed by atoms with Crippen LogP contribution >= 0.6 is 15.9 Å². The van der Waals surface area contributed by atoms with Crippen molar-refractivity contribution in [3.05, 3.63) is 52.8 Å². The van der Waals surface area contributed by atoms with E-state index >= 15 is 0 Å². The van der Waals surface area contributed by atoms with Crippen LogP contribution < -0.4 is 10.5 Å². The van der Waals surface area contributed by atoms with Gasteiger partial charge in [-0.3, -0.25) is 4.98 Å². The lowest BCUT2D eigenvalue weighted by atomic mass is 10.1. The van der Waals surface area contributed by atoms with Crippen LogP contribution in [0, 0.1) is 0 Å². The topological polar surface area (TPSA) is 48.1 Å². The van der Waals surface area contributed by atoms with Crippen LogP contribution in [0.25, 0.3) is 0 Å². The SMILES string of the molecule is NCCc1ccc(Oc2cccnc2)c(Br)c1. The normalized spacial score (nSPS) is 10.2. The maximum Gasteiger partial charge on any atom is 0.145 e. The molecule has 0 atom stereocenters. The average Bonchev–Trinajstić information content (AvgIpc) is 2.34. The lowest BCUT2D eigenvalue weighted by Gasteiger charge is -2.08. The molecule has 2 N–H and O–H groups in total. The minimum Gasteiger partial charge on any atom is -0.455 e. The van der Waals surface area contributed by atoms with Crippen molar-refractivity contribution in [2.75, 3.05) is 6.54 Å². The molecule has 1 heterocycles. The fraction of sp³-hybridized carbons (Fsp3) is 0.154. The Bertz CT molecular complexity index is 488. The van der Waals surface area contributed by atoms with E-state index in [1.54, 1.807) is 12.4 Å². The molecule has 0 fully saturated rings. The van der Waals surface area contributed by atoms with Gasteiger partial charge in [0.25, 0.3) is 0 Å². The summed E-state index contributed by atoms with van der Waals surface area (Å²) in [6.07, 6.45) is 4.26. The first-order valence-corrected chi connectivity index (χ1v) is 6.15. The number of pyridine rings is 1. The van der Waals surface area contributed by atoms with Crippen LogP contribution in [0.3, 0.4) is 0 Å². The van der Waals surface area contributed by atoms with E-state index in [1.807, 2.05) is 30.3 Å². The molecular formula is C13H13BrN2O. The largest absolute Gasteiger partial charge is 0.455 e. The van der Waals surface area contributed by atoms with Crippen molar-refractivity contribution in [2.24, 2.45) is 5.73 Å². The molecule has 0 bridgehead atoms. The predicted octanol–water partition coefficient (Wildman–Crippen LogP) is 3.14. The smallest absolute Gasteiger partial charge is 0.145 e. The summed E-state index contributed by atoms with van der Waals surface area (Å²) < 4.78 is 6.63. The number of ether oxygens (including phenoxy) is 1. The van der Waals surface area contributed by atoms with Gasteiger partial charge in [-0.1, -0.05) is 6.07 Å². The molecule has 3 nitrogen and oxygen atoms in total. The monoisotopic (exact) mass is 292 g/mol. The Kier molecular flexibility index (Phi) is 4.12. The third-order valence-electron chi connectivity index (χ3n) is 2.29. The van der Waals surface area contributed by atoms with Gasteiger partial charge in [-0.15, -0.1) is 0 Å². The standard InChI is InChI=1S/C13H13BrN2O/c14-12-8-10(5-6-15)3-4-13(12)17-11-2-1-7-16-9-11/h1-4,7-9H,5-6,15H2. The second-order valence-corrected chi connectivity index (χ2v) is 4.45. The van der Waals surface area contributed by atoms with Crippen molar-refractivity contribution in [1.82, 2.24) is 4.98 Å². The zero-order valence-corrected chi connectivity index (χ0v) is 10.9. The second kappa shape index (κ2) is 5.80. The first-order valence-electron chi connectivity index (χ1n) is 5.36. The maximum absolute atomic E-state index is 5.70. The number of nitrogens with zero attached hydrogens (tertiary/aromatic N) is 1. The fourth-order valence-electron chi connectivity index (χ4n) is 1.48. The molecule has 88 valence electrons. The van der Waals surface area contributed by atoms with Crippen LogP contribution in [0.2, 0.25) is 0 Å². The molecular weight excluding hydrogens is 280 g/mol. The minimum atomic E-state index is 0.648. The molecule has 2 rings (SSSR count). The predicted molar refractivity (Wildman–Crippen MR) is 71.2 cm³/mol. The summed E-state index contributed by atoms with van der Waals surface area (Å²) in [4.78, 5) is 4.00. The van der Waals surface area contributed by atoms with Crippen LogP contribution in [0.5, 0.6) is 11.5 Å². The van der Waals surface area contributed by atoms with Gasteiger partial charge in [-0.25, -0.2) is 0 Å². The van der Waals surface area contributed by atoms with Gasteiger partial charge in [0.15, 0.2) is 0 Å². The van der Waals surface area contributed by atoms with Crippen molar-refractivity contribution in [1.29, 1.82) is 0 Å². The molecule has 0 spiro atoms. The molecule has 0 saturated heterocycles. The van der Waals surface area contributed by atoms with E-state index in [2.05, 4.69) is 20.9 Å². The van der Waals surface area contributed by atoms with E-state index in [1.165, 1.54) is 5.56 Å². The van der Waals surface area contributed by atoms with E-state index in [-0.39, 0.29) is 0 Å². The van der Waals surface area contributed by atoms with E-state index < -0.39 is 0 Å². The Hall–Kier alpha value is -1.39. The Morgan fingerprint density at radius 3 is 2.82 bits per heavy atom. The lowest BCUT2D eigenvalue weighted by molar-refractivity contribution is 0.477. The highest BCUT2D eigenvalue weighted by Gasteiger charge is 2.03. The van der Waals surface area contributed by atoms with Crippen LogP contribution in [0.4, 0.5) is 0 Å². The summed E-state index contributed by atoms with van der Waals surface area (Å²) in [5.74, 6) is 1.50. The number of rotatable bonds is 4. The number of nitrogens with two attached hydrogens (primary N) is 1. The molecule has 0 unspecified atom stereocenters. The Labute approximate surface area is 109 Å². The van der Waals surface area contributed by atoms with Crippen molar-refractivity contribution >= 4 is 15.9 Å². The molecule has 0 radical (unpaired) electrons. The Balaban J connectivity index is 2.17. The van der Waals surface area contributed by atoms with E-state index in [4.69, 9.17) is 10.5 Å². The summed E-state index contributed by atoms with van der Waals surface area (Å²) >= 11 is 3.49. The molecule has 2 aromatic rings. The quantitative estimate of drug-likeness (QED) is 0.942. The molecule has 1 aromatic carbocycles. The van der Waals surface area contributed by atoms with Gasteiger partial charge >= 0.3 is 0 Å². The van der Waals surface area contributed by atoms with Gasteiger partial charge in [0, 0.05) is 6.20 Å². The Morgan fingerprint density at radius 1 is 1.29 bits per heavy atom. The summed E-state index contributed by atoms with van der Waals surface area (Å²) in [6.45, 7) is 0.648. The van der Waals surface area contributed by atoms with E-state index in [9.17, 15) is 0 Å². The lowest BCUT2D eigenvalue weighted by Crippen LogP contribution is -2.02. The third kappa shape index (κ3) is 3.28. The van der Waals surface area contributed by atoms with Crippen LogP contribution in [-0.2, 0) is 6.42 Å². The molecule has 0 aliphatic rings. The van der Waals surface area contributed by atoms with Crippen LogP contribution in [-0.4, -0.2) is 11.5 Å². The third-order valence-corrected chi connectivity index (χ3v) is 2.91. The van der Waals surface area contributed by atoms with E-state index in [0.717, 1.165) is 22.4 Å². The average molecular weight is 293 g/mol. The molecule has 4 heteroatoms. The zero-order valence-electron chi connectivity index (χ0n) is 9.27. The highest BCUT2D eigenvalue weighted by Crippen LogP contribution is 2.30. The maximum atomic E-state index is 5.70.